The molecule has 2 aliphatic heterocycles. The number of carbonyl (C=O) groups is 8. The average Bonchev–Trinajstić information content (AvgIpc) is 0.788. The molecule has 5 aromatic carbocycles. The number of carboxylic acid groups (broad SMARTS) is 2. The molecule has 27 heteroatoms. The van der Waals surface area contributed by atoms with Gasteiger partial charge in [0.25, 0.3) is 35.2 Å². The maximum Gasteiger partial charge on any atom is 0.364 e. The Kier molecular flexibility index (Phi) is 27.9. The standard InChI is InChI=1S/C67H82N6O19S2/c1-40-36-66(64(85)86,91-58(54(40)72-41(2)74)56(79)52(77)38-70-60(81)47-23-19-45(20-24-47)43-13-6-4-7-14-43)89-29-11-31-93-33-27-68-62(83)49-17-10-18-50(35-49)63(84)69-28-34-94-32-12-30-90-67(65(87)88)37-51(76)55(73-42(3)75)59(92-67)57(80)53(78)39-71-61(82)48-25-21-46(22-26-48)44-15-8-5-9-16-44/h4-10,13-26,35,40,51-59,76-80H,11-12,27-34,36-39H2,1-3H3,(H,68,83)(H,69,84)(H,70,81)(H,71,82)(H,72,74)(H,73,75)(H,85,86)(H,87,88)/t40-,51-,52+,53+,54+,55+,56+,57+,58?,59+,66+,67+/m0/s1. The summed E-state index contributed by atoms with van der Waals surface area (Å²) in [6.45, 7) is 3.35. The minimum Gasteiger partial charge on any atom is -0.477 e. The van der Waals surface area contributed by atoms with Gasteiger partial charge in [-0.3, -0.25) is 28.8 Å². The first kappa shape index (κ1) is 73.6. The Morgan fingerprint density at radius 3 is 1.30 bits per heavy atom. The monoisotopic (exact) mass is 1340 g/mol. The molecule has 2 aliphatic rings. The van der Waals surface area contributed by atoms with Gasteiger partial charge in [0, 0.05) is 86.6 Å². The molecule has 2 fully saturated rings. The number of nitrogens with one attached hydrogen (secondary N) is 6. The van der Waals surface area contributed by atoms with Crippen LogP contribution < -0.4 is 31.9 Å². The van der Waals surface area contributed by atoms with Gasteiger partial charge in [-0.1, -0.05) is 97.9 Å². The predicted molar refractivity (Wildman–Crippen MR) is 349 cm³/mol. The predicted octanol–water partition coefficient (Wildman–Crippen LogP) is 3.21. The second kappa shape index (κ2) is 35.6. The highest BCUT2D eigenvalue weighted by molar-refractivity contribution is 7.99. The highest BCUT2D eigenvalue weighted by atomic mass is 32.2. The number of carbonyl (C=O) groups excluding carboxylic acids is 6. The van der Waals surface area contributed by atoms with Crippen molar-refractivity contribution in [3.63, 3.8) is 0 Å². The molecular weight excluding hydrogens is 1260 g/mol. The average molecular weight is 1340 g/mol. The molecule has 0 aliphatic carbocycles. The number of aliphatic carboxylic acids is 2. The third kappa shape index (κ3) is 20.6. The number of ether oxygens (including phenoxy) is 4. The van der Waals surface area contributed by atoms with E-state index in [1.807, 2.05) is 60.7 Å². The van der Waals surface area contributed by atoms with Crippen molar-refractivity contribution in [1.29, 1.82) is 0 Å². The van der Waals surface area contributed by atoms with Gasteiger partial charge in [-0.05, 0) is 95.0 Å². The zero-order chi connectivity index (χ0) is 68.0. The summed E-state index contributed by atoms with van der Waals surface area (Å²) < 4.78 is 23.5. The van der Waals surface area contributed by atoms with Crippen LogP contribution in [0.4, 0.5) is 0 Å². The second-order valence-corrected chi connectivity index (χ2v) is 25.3. The van der Waals surface area contributed by atoms with Crippen molar-refractivity contribution < 1.29 is 93.0 Å². The lowest BCUT2D eigenvalue weighted by Gasteiger charge is -2.47. The molecule has 5 aromatic rings. The van der Waals surface area contributed by atoms with Crippen LogP contribution in [0, 0.1) is 5.92 Å². The van der Waals surface area contributed by atoms with E-state index in [9.17, 15) is 74.1 Å². The minimum atomic E-state index is -2.49. The largest absolute Gasteiger partial charge is 0.477 e. The van der Waals surface area contributed by atoms with Crippen LogP contribution >= 0.6 is 23.5 Å². The Hall–Kier alpha value is -7.80. The molecule has 25 nitrogen and oxygen atoms in total. The van der Waals surface area contributed by atoms with Crippen LogP contribution in [0.5, 0.6) is 0 Å². The lowest BCUT2D eigenvalue weighted by molar-refractivity contribution is -0.310. The normalized spacial score (nSPS) is 22.3. The van der Waals surface area contributed by atoms with Gasteiger partial charge in [0.2, 0.25) is 11.8 Å². The smallest absolute Gasteiger partial charge is 0.364 e. The molecule has 0 spiro atoms. The van der Waals surface area contributed by atoms with Gasteiger partial charge in [0.1, 0.15) is 24.4 Å². The number of carboxylic acids is 2. The SMILES string of the molecule is CC(=O)N[C@H]1[C@H]([C@H](O)[C@H](O)CNC(=O)c2ccc(-c3ccccc3)cc2)O[C@@](OCCCSCCNC(=O)c2cccc(C(=O)NCCSCCCO[C@]3(C(=O)O)C[C@H](C)[C@@H](NC(C)=O)C([C@H](O)[C@H](O)CNC(=O)c4ccc(-c5ccccc5)cc4)O3)c2)(C(=O)O)C[C@@H]1O. The maximum atomic E-state index is 13.1. The highest BCUT2D eigenvalue weighted by Gasteiger charge is 2.57. The molecule has 2 heterocycles. The molecule has 0 bridgehead atoms. The molecule has 506 valence electrons. The van der Waals surface area contributed by atoms with E-state index in [2.05, 4.69) is 31.9 Å². The van der Waals surface area contributed by atoms with Crippen molar-refractivity contribution in [2.75, 3.05) is 62.4 Å². The van der Waals surface area contributed by atoms with Gasteiger partial charge in [-0.15, -0.1) is 0 Å². The highest BCUT2D eigenvalue weighted by Crippen LogP contribution is 2.38. The number of rotatable bonds is 34. The molecule has 7 rings (SSSR count). The van der Waals surface area contributed by atoms with Crippen molar-refractivity contribution in [1.82, 2.24) is 31.9 Å². The van der Waals surface area contributed by atoms with Crippen LogP contribution in [0.15, 0.2) is 133 Å². The van der Waals surface area contributed by atoms with Crippen molar-refractivity contribution in [3.8, 4) is 22.3 Å². The van der Waals surface area contributed by atoms with Crippen LogP contribution in [0.25, 0.3) is 22.3 Å². The van der Waals surface area contributed by atoms with E-state index in [4.69, 9.17) is 18.9 Å². The van der Waals surface area contributed by atoms with E-state index < -0.39 is 139 Å². The molecule has 13 N–H and O–H groups in total. The number of benzene rings is 5. The quantitative estimate of drug-likeness (QED) is 0.0263. The van der Waals surface area contributed by atoms with Crippen molar-refractivity contribution in [2.45, 2.75) is 113 Å². The van der Waals surface area contributed by atoms with E-state index in [1.165, 1.54) is 36.5 Å². The number of hydrogen-bond donors (Lipinski definition) is 13. The van der Waals surface area contributed by atoms with Crippen LogP contribution in [0.1, 0.15) is 87.9 Å². The first-order valence-electron chi connectivity index (χ1n) is 30.8. The van der Waals surface area contributed by atoms with E-state index in [1.54, 1.807) is 73.7 Å². The number of amides is 6. The summed E-state index contributed by atoms with van der Waals surface area (Å²) >= 11 is 2.87. The third-order valence-electron chi connectivity index (χ3n) is 15.7. The molecule has 0 radical (unpaired) electrons. The zero-order valence-corrected chi connectivity index (χ0v) is 53.9. The number of thioether (sulfide) groups is 2. The van der Waals surface area contributed by atoms with E-state index >= 15 is 0 Å². The first-order chi connectivity index (χ1) is 45.0. The van der Waals surface area contributed by atoms with Gasteiger partial charge < -0.3 is 86.6 Å². The molecule has 2 saturated heterocycles. The Labute approximate surface area is 552 Å². The lowest BCUT2D eigenvalue weighted by atomic mass is 9.83. The Bertz CT molecular complexity index is 3130. The summed E-state index contributed by atoms with van der Waals surface area (Å²) in [6, 6.07) is 36.4. The van der Waals surface area contributed by atoms with Gasteiger partial charge in [0.05, 0.1) is 43.6 Å². The zero-order valence-electron chi connectivity index (χ0n) is 52.2. The summed E-state index contributed by atoms with van der Waals surface area (Å²) in [4.78, 5) is 102. The third-order valence-corrected chi connectivity index (χ3v) is 17.9. The summed E-state index contributed by atoms with van der Waals surface area (Å²) in [5.74, 6) is -9.68. The summed E-state index contributed by atoms with van der Waals surface area (Å²) in [6.07, 6.45) is -12.1. The fourth-order valence-electron chi connectivity index (χ4n) is 10.8. The summed E-state index contributed by atoms with van der Waals surface area (Å²) in [7, 11) is 0. The molecular formula is C67H82N6O19S2. The Morgan fingerprint density at radius 2 is 0.883 bits per heavy atom. The maximum absolute atomic E-state index is 13.1. The van der Waals surface area contributed by atoms with Crippen LogP contribution in [0.2, 0.25) is 0 Å². The number of aliphatic hydroxyl groups excluding tert-OH is 5. The molecule has 12 atom stereocenters. The lowest BCUT2D eigenvalue weighted by Crippen LogP contribution is -2.68. The molecule has 0 saturated carbocycles. The van der Waals surface area contributed by atoms with Gasteiger partial charge in [0.15, 0.2) is 0 Å². The van der Waals surface area contributed by atoms with Gasteiger partial charge in [-0.2, -0.15) is 23.5 Å². The van der Waals surface area contributed by atoms with Crippen molar-refractivity contribution in [3.05, 3.63) is 156 Å². The van der Waals surface area contributed by atoms with Gasteiger partial charge in [-0.25, -0.2) is 9.59 Å². The fraction of sp³-hybridized carbons (Fsp3) is 0.433. The molecule has 1 unspecified atom stereocenters. The molecule has 6 amide bonds. The molecule has 94 heavy (non-hydrogen) atoms. The second-order valence-electron chi connectivity index (χ2n) is 22.8. The number of aliphatic hydroxyl groups is 5. The number of hydrogen-bond acceptors (Lipinski definition) is 19. The van der Waals surface area contributed by atoms with Crippen LogP contribution in [0.3, 0.4) is 0 Å². The molecule has 0 aromatic heterocycles. The van der Waals surface area contributed by atoms with Crippen molar-refractivity contribution in [2.24, 2.45) is 5.92 Å². The summed E-state index contributed by atoms with van der Waals surface area (Å²) in [5.41, 5.74) is 4.73. The first-order valence-corrected chi connectivity index (χ1v) is 33.1. The van der Waals surface area contributed by atoms with E-state index in [-0.39, 0.29) is 55.8 Å². The summed E-state index contributed by atoms with van der Waals surface area (Å²) in [5, 5.41) is 92.8. The topological polar surface area (TPSA) is 387 Å². The fourth-order valence-corrected chi connectivity index (χ4v) is 12.4. The van der Waals surface area contributed by atoms with Crippen LogP contribution in [-0.4, -0.2) is 212 Å². The Balaban J connectivity index is 0.786. The van der Waals surface area contributed by atoms with Crippen molar-refractivity contribution >= 4 is 70.9 Å². The van der Waals surface area contributed by atoms with Gasteiger partial charge >= 0.3 is 11.9 Å². The van der Waals surface area contributed by atoms with Crippen LogP contribution in [-0.2, 0) is 38.1 Å². The van der Waals surface area contributed by atoms with E-state index in [0.717, 1.165) is 29.2 Å². The van der Waals surface area contributed by atoms with E-state index in [0.29, 0.717) is 35.0 Å². The Morgan fingerprint density at radius 1 is 0.500 bits per heavy atom. The minimum absolute atomic E-state index is 0.0836.